The molecule has 0 amide bonds. The Morgan fingerprint density at radius 2 is 1.35 bits per heavy atom. The highest BCUT2D eigenvalue weighted by Gasteiger charge is 2.53. The van der Waals surface area contributed by atoms with Crippen molar-refractivity contribution in [2.45, 2.75) is 89.1 Å². The lowest BCUT2D eigenvalue weighted by atomic mass is 9.97. The highest BCUT2D eigenvalue weighted by Crippen LogP contribution is 2.31. The molecule has 2 fully saturated rings. The Labute approximate surface area is 177 Å². The fraction of sp³-hybridized carbons (Fsp3) is 0.833. The van der Waals surface area contributed by atoms with Crippen molar-refractivity contribution in [1.29, 1.82) is 0 Å². The molecule has 2 saturated heterocycles. The average Bonchev–Trinajstić information content (AvgIpc) is 2.66. The highest BCUT2D eigenvalue weighted by molar-refractivity contribution is 5.67. The Balaban J connectivity index is 2.35. The zero-order valence-corrected chi connectivity index (χ0v) is 17.4. The Morgan fingerprint density at radius 1 is 0.774 bits per heavy atom. The maximum atomic E-state index is 11.7. The van der Waals surface area contributed by atoms with E-state index in [-0.39, 0.29) is 0 Å². The first-order valence-electron chi connectivity index (χ1n) is 9.58. The summed E-state index contributed by atoms with van der Waals surface area (Å²) < 4.78 is 31.6. The van der Waals surface area contributed by atoms with Gasteiger partial charge in [0.25, 0.3) is 0 Å². The molecule has 178 valence electrons. The zero-order chi connectivity index (χ0) is 23.5. The second-order valence-corrected chi connectivity index (χ2v) is 7.30. The Hall–Kier alpha value is -1.87. The maximum Gasteiger partial charge on any atom is 0.303 e. The predicted molar refractivity (Wildman–Crippen MR) is 95.8 cm³/mol. The zero-order valence-electron chi connectivity index (χ0n) is 17.4. The van der Waals surface area contributed by atoms with Gasteiger partial charge in [0.15, 0.2) is 24.8 Å². The van der Waals surface area contributed by atoms with Gasteiger partial charge < -0.3 is 48.8 Å². The van der Waals surface area contributed by atoms with Gasteiger partial charge in [-0.1, -0.05) is 0 Å². The lowest BCUT2D eigenvalue weighted by Crippen LogP contribution is -2.65. The molecule has 13 heteroatoms. The molecule has 0 saturated carbocycles. The van der Waals surface area contributed by atoms with Crippen molar-refractivity contribution in [3.05, 3.63) is 0 Å². The third kappa shape index (κ3) is 6.32. The van der Waals surface area contributed by atoms with Crippen molar-refractivity contribution in [3.8, 4) is 0 Å². The summed E-state index contributed by atoms with van der Waals surface area (Å²) in [5.74, 6) is -2.31. The monoisotopic (exact) mass is 452 g/mol. The van der Waals surface area contributed by atoms with E-state index in [1.165, 1.54) is 6.92 Å². The SMILES string of the molecule is CC(=O)OC[C@H]1O[C@H](O)[C@H](OC(C)=O)[C@@H](OC(C)=O)[C@H]1O[C@H]1O[C@@H](C)[C@H](O)[C@@H](O)[C@H]1O. The molecule has 4 N–H and O–H groups in total. The van der Waals surface area contributed by atoms with E-state index in [0.717, 1.165) is 20.8 Å². The van der Waals surface area contributed by atoms with E-state index in [4.69, 9.17) is 28.4 Å². The quantitative estimate of drug-likeness (QED) is 0.242. The Kier molecular flexibility index (Phi) is 8.71. The molecular formula is C18H28O13. The molecule has 0 spiro atoms. The largest absolute Gasteiger partial charge is 0.463 e. The van der Waals surface area contributed by atoms with Crippen LogP contribution in [0.15, 0.2) is 0 Å². The van der Waals surface area contributed by atoms with Gasteiger partial charge in [0.2, 0.25) is 0 Å². The molecule has 31 heavy (non-hydrogen) atoms. The molecule has 2 heterocycles. The smallest absolute Gasteiger partial charge is 0.303 e. The molecule has 0 bridgehead atoms. The summed E-state index contributed by atoms with van der Waals surface area (Å²) in [5.41, 5.74) is 0. The van der Waals surface area contributed by atoms with Gasteiger partial charge in [-0.2, -0.15) is 0 Å². The van der Waals surface area contributed by atoms with Gasteiger partial charge in [-0.05, 0) is 6.92 Å². The van der Waals surface area contributed by atoms with E-state index in [1.54, 1.807) is 0 Å². The average molecular weight is 452 g/mol. The highest BCUT2D eigenvalue weighted by atomic mass is 16.7. The van der Waals surface area contributed by atoms with Crippen LogP contribution in [0, 0.1) is 0 Å². The van der Waals surface area contributed by atoms with E-state index in [0.29, 0.717) is 0 Å². The number of aliphatic hydroxyl groups is 4. The number of hydrogen-bond acceptors (Lipinski definition) is 13. The van der Waals surface area contributed by atoms with Crippen molar-refractivity contribution in [3.63, 3.8) is 0 Å². The molecule has 2 aliphatic heterocycles. The number of aliphatic hydroxyl groups excluding tert-OH is 4. The van der Waals surface area contributed by atoms with Crippen LogP contribution < -0.4 is 0 Å². The number of carbonyl (C=O) groups excluding carboxylic acids is 3. The standard InChI is InChI=1S/C18H28O13/c1-6-11(22)12(23)13(24)18(27-6)31-14-10(5-26-7(2)19)30-17(25)16(29-9(4)21)15(14)28-8(3)20/h6,10-18,22-25H,5H2,1-4H3/t6-,10+,11-,12+,13+,14-,15-,16+,17-,18+/m0/s1. The lowest BCUT2D eigenvalue weighted by Gasteiger charge is -2.46. The summed E-state index contributed by atoms with van der Waals surface area (Å²) in [6.07, 6.45) is -14.6. The first-order chi connectivity index (χ1) is 14.4. The normalized spacial score (nSPS) is 40.6. The molecule has 0 radical (unpaired) electrons. The van der Waals surface area contributed by atoms with Crippen molar-refractivity contribution >= 4 is 17.9 Å². The fourth-order valence-electron chi connectivity index (χ4n) is 3.32. The van der Waals surface area contributed by atoms with Crippen molar-refractivity contribution < 1.29 is 63.2 Å². The first-order valence-corrected chi connectivity index (χ1v) is 9.58. The molecular weight excluding hydrogens is 424 g/mol. The molecule has 0 aromatic carbocycles. The summed E-state index contributed by atoms with van der Waals surface area (Å²) in [7, 11) is 0. The number of carbonyl (C=O) groups is 3. The summed E-state index contributed by atoms with van der Waals surface area (Å²) >= 11 is 0. The Morgan fingerprint density at radius 3 is 1.90 bits per heavy atom. The third-order valence-electron chi connectivity index (χ3n) is 4.76. The minimum absolute atomic E-state index is 0.453. The van der Waals surface area contributed by atoms with Crippen LogP contribution in [0.2, 0.25) is 0 Å². The van der Waals surface area contributed by atoms with Crippen molar-refractivity contribution in [2.24, 2.45) is 0 Å². The van der Waals surface area contributed by atoms with E-state index < -0.39 is 85.9 Å². The van der Waals surface area contributed by atoms with Gasteiger partial charge in [-0.15, -0.1) is 0 Å². The van der Waals surface area contributed by atoms with E-state index >= 15 is 0 Å². The molecule has 0 aromatic rings. The summed E-state index contributed by atoms with van der Waals surface area (Å²) in [6, 6.07) is 0. The Bertz CT molecular complexity index is 654. The summed E-state index contributed by atoms with van der Waals surface area (Å²) in [5, 5.41) is 40.4. The van der Waals surface area contributed by atoms with Gasteiger partial charge in [0.05, 0.1) is 6.10 Å². The number of ether oxygens (including phenoxy) is 6. The van der Waals surface area contributed by atoms with Gasteiger partial charge in [-0.3, -0.25) is 14.4 Å². The van der Waals surface area contributed by atoms with E-state index in [9.17, 15) is 34.8 Å². The van der Waals surface area contributed by atoms with Gasteiger partial charge >= 0.3 is 17.9 Å². The number of hydrogen-bond donors (Lipinski definition) is 4. The van der Waals surface area contributed by atoms with Crippen molar-refractivity contribution in [2.75, 3.05) is 6.61 Å². The maximum absolute atomic E-state index is 11.7. The van der Waals surface area contributed by atoms with Crippen LogP contribution in [0.1, 0.15) is 27.7 Å². The van der Waals surface area contributed by atoms with Crippen LogP contribution >= 0.6 is 0 Å². The van der Waals surface area contributed by atoms with Crippen LogP contribution in [0.3, 0.4) is 0 Å². The topological polar surface area (TPSA) is 188 Å². The van der Waals surface area contributed by atoms with E-state index in [2.05, 4.69) is 0 Å². The van der Waals surface area contributed by atoms with Crippen LogP contribution in [0.4, 0.5) is 0 Å². The molecule has 0 unspecified atom stereocenters. The van der Waals surface area contributed by atoms with Gasteiger partial charge in [0, 0.05) is 20.8 Å². The van der Waals surface area contributed by atoms with Crippen LogP contribution in [-0.2, 0) is 42.8 Å². The van der Waals surface area contributed by atoms with Gasteiger partial charge in [-0.25, -0.2) is 0 Å². The fourth-order valence-corrected chi connectivity index (χ4v) is 3.32. The summed E-state index contributed by atoms with van der Waals surface area (Å²) in [6.45, 7) is 4.24. The predicted octanol–water partition coefficient (Wildman–Crippen LogP) is -2.66. The number of esters is 3. The molecule has 10 atom stereocenters. The minimum Gasteiger partial charge on any atom is -0.463 e. The molecule has 2 aliphatic rings. The lowest BCUT2D eigenvalue weighted by molar-refractivity contribution is -0.353. The van der Waals surface area contributed by atoms with Gasteiger partial charge in [0.1, 0.15) is 37.1 Å². The van der Waals surface area contributed by atoms with Crippen LogP contribution in [-0.4, -0.2) is 106 Å². The van der Waals surface area contributed by atoms with Crippen LogP contribution in [0.25, 0.3) is 0 Å². The second kappa shape index (κ2) is 10.6. The summed E-state index contributed by atoms with van der Waals surface area (Å²) in [4.78, 5) is 34.4. The second-order valence-electron chi connectivity index (χ2n) is 7.30. The molecule has 13 nitrogen and oxygen atoms in total. The van der Waals surface area contributed by atoms with Crippen LogP contribution in [0.5, 0.6) is 0 Å². The molecule has 0 aliphatic carbocycles. The van der Waals surface area contributed by atoms with Crippen molar-refractivity contribution in [1.82, 2.24) is 0 Å². The molecule has 2 rings (SSSR count). The number of rotatable bonds is 6. The minimum atomic E-state index is -1.77. The first kappa shape index (κ1) is 25.4. The molecule has 0 aromatic heterocycles. The van der Waals surface area contributed by atoms with E-state index in [1.807, 2.05) is 0 Å². The third-order valence-corrected chi connectivity index (χ3v) is 4.76.